The molecule has 0 spiro atoms. The van der Waals surface area contributed by atoms with Gasteiger partial charge in [0.2, 0.25) is 0 Å². The third-order valence-electron chi connectivity index (χ3n) is 5.09. The van der Waals surface area contributed by atoms with E-state index < -0.39 is 0 Å². The van der Waals surface area contributed by atoms with E-state index in [-0.39, 0.29) is 6.73 Å². The van der Waals surface area contributed by atoms with Gasteiger partial charge in [0.15, 0.2) is 0 Å². The molecular formula is C15H24N2O. The van der Waals surface area contributed by atoms with Crippen molar-refractivity contribution in [3.63, 3.8) is 0 Å². The van der Waals surface area contributed by atoms with Crippen LogP contribution in [0.15, 0.2) is 17.3 Å². The van der Waals surface area contributed by atoms with Gasteiger partial charge < -0.3 is 5.11 Å². The summed E-state index contributed by atoms with van der Waals surface area (Å²) < 4.78 is 0. The topological polar surface area (TPSA) is 35.8 Å². The number of aliphatic hydroxyl groups excluding tert-OH is 1. The number of aliphatic imine (C=N–C) groups is 1. The molecule has 18 heavy (non-hydrogen) atoms. The molecule has 3 aliphatic rings. The van der Waals surface area contributed by atoms with Crippen molar-refractivity contribution in [3.05, 3.63) is 12.3 Å². The molecule has 3 heteroatoms. The molecule has 4 unspecified atom stereocenters. The van der Waals surface area contributed by atoms with Crippen LogP contribution < -0.4 is 0 Å². The van der Waals surface area contributed by atoms with Gasteiger partial charge in [-0.1, -0.05) is 19.4 Å². The standard InChI is InChI=1S/C15H24N2O/c1-2-4-12-13-5-3-6-16-15(13)7-11-8-17(10-18)9-14(11)12/h3,6,11-14,18H,2,4-5,7-10H2,1H3. The Labute approximate surface area is 110 Å². The Morgan fingerprint density at radius 3 is 3.11 bits per heavy atom. The maximum atomic E-state index is 9.37. The number of aliphatic hydroxyl groups is 1. The Bertz CT molecular complexity index is 364. The van der Waals surface area contributed by atoms with Crippen molar-refractivity contribution < 1.29 is 5.11 Å². The third-order valence-corrected chi connectivity index (χ3v) is 5.09. The predicted octanol–water partition coefficient (Wildman–Crippen LogP) is 2.28. The largest absolute Gasteiger partial charge is 0.381 e. The molecule has 0 aromatic heterocycles. The third kappa shape index (κ3) is 2.04. The molecule has 1 N–H and O–H groups in total. The minimum absolute atomic E-state index is 0.223. The van der Waals surface area contributed by atoms with Gasteiger partial charge in [-0.05, 0) is 37.0 Å². The second-order valence-corrected chi connectivity index (χ2v) is 6.11. The molecule has 1 aliphatic carbocycles. The summed E-state index contributed by atoms with van der Waals surface area (Å²) in [4.78, 5) is 6.86. The number of nitrogens with zero attached hydrogens (tertiary/aromatic N) is 2. The van der Waals surface area contributed by atoms with Crippen LogP contribution in [0.5, 0.6) is 0 Å². The van der Waals surface area contributed by atoms with Crippen molar-refractivity contribution in [2.75, 3.05) is 19.8 Å². The lowest BCUT2D eigenvalue weighted by Gasteiger charge is -2.41. The quantitative estimate of drug-likeness (QED) is 0.831. The van der Waals surface area contributed by atoms with Crippen LogP contribution >= 0.6 is 0 Å². The van der Waals surface area contributed by atoms with Gasteiger partial charge in [-0.25, -0.2) is 0 Å². The zero-order valence-electron chi connectivity index (χ0n) is 11.3. The first-order valence-corrected chi connectivity index (χ1v) is 7.38. The van der Waals surface area contributed by atoms with Gasteiger partial charge in [0.1, 0.15) is 0 Å². The fourth-order valence-electron chi connectivity index (χ4n) is 4.33. The highest BCUT2D eigenvalue weighted by Crippen LogP contribution is 2.45. The summed E-state index contributed by atoms with van der Waals surface area (Å²) in [5.74, 6) is 2.99. The van der Waals surface area contributed by atoms with Crippen molar-refractivity contribution in [3.8, 4) is 0 Å². The molecule has 4 atom stereocenters. The van der Waals surface area contributed by atoms with Gasteiger partial charge >= 0.3 is 0 Å². The van der Waals surface area contributed by atoms with Crippen LogP contribution in [0.1, 0.15) is 32.6 Å². The van der Waals surface area contributed by atoms with Gasteiger partial charge in [-0.2, -0.15) is 0 Å². The number of likely N-dealkylation sites (tertiary alicyclic amines) is 1. The monoisotopic (exact) mass is 248 g/mol. The van der Waals surface area contributed by atoms with Gasteiger partial charge in [-0.3, -0.25) is 9.89 Å². The summed E-state index contributed by atoms with van der Waals surface area (Å²) in [5, 5.41) is 9.37. The lowest BCUT2D eigenvalue weighted by atomic mass is 9.64. The average molecular weight is 248 g/mol. The van der Waals surface area contributed by atoms with E-state index in [4.69, 9.17) is 0 Å². The highest BCUT2D eigenvalue weighted by atomic mass is 16.3. The van der Waals surface area contributed by atoms with Crippen molar-refractivity contribution in [2.24, 2.45) is 28.7 Å². The molecule has 0 bridgehead atoms. The van der Waals surface area contributed by atoms with Gasteiger partial charge in [0.25, 0.3) is 0 Å². The fourth-order valence-corrected chi connectivity index (χ4v) is 4.33. The zero-order valence-corrected chi connectivity index (χ0v) is 11.3. The van der Waals surface area contributed by atoms with Crippen molar-refractivity contribution in [1.82, 2.24) is 4.90 Å². The molecule has 2 fully saturated rings. The van der Waals surface area contributed by atoms with E-state index in [1.807, 2.05) is 6.20 Å². The van der Waals surface area contributed by atoms with Crippen LogP contribution in [0.4, 0.5) is 0 Å². The summed E-state index contributed by atoms with van der Waals surface area (Å²) in [7, 11) is 0. The van der Waals surface area contributed by atoms with E-state index in [0.717, 1.165) is 37.3 Å². The maximum absolute atomic E-state index is 9.37. The Balaban J connectivity index is 1.83. The molecule has 100 valence electrons. The number of rotatable bonds is 3. The van der Waals surface area contributed by atoms with E-state index in [1.165, 1.54) is 25.0 Å². The summed E-state index contributed by atoms with van der Waals surface area (Å²) in [5.41, 5.74) is 1.44. The number of allylic oxidation sites excluding steroid dienone is 1. The summed E-state index contributed by atoms with van der Waals surface area (Å²) >= 11 is 0. The molecule has 0 amide bonds. The smallest absolute Gasteiger partial charge is 0.0956 e. The first-order chi connectivity index (χ1) is 8.83. The van der Waals surface area contributed by atoms with E-state index >= 15 is 0 Å². The summed E-state index contributed by atoms with van der Waals surface area (Å²) in [6.45, 7) is 4.68. The molecule has 0 aromatic rings. The van der Waals surface area contributed by atoms with E-state index in [9.17, 15) is 5.11 Å². The summed E-state index contributed by atoms with van der Waals surface area (Å²) in [6, 6.07) is 0. The maximum Gasteiger partial charge on any atom is 0.0956 e. The van der Waals surface area contributed by atoms with Crippen molar-refractivity contribution in [2.45, 2.75) is 32.6 Å². The average Bonchev–Trinajstić information content (AvgIpc) is 2.81. The molecule has 1 saturated carbocycles. The molecule has 3 rings (SSSR count). The second kappa shape index (κ2) is 5.14. The lowest BCUT2D eigenvalue weighted by Crippen LogP contribution is -2.40. The van der Waals surface area contributed by atoms with Gasteiger partial charge in [-0.15, -0.1) is 0 Å². The molecular weight excluding hydrogens is 224 g/mol. The van der Waals surface area contributed by atoms with E-state index in [2.05, 4.69) is 22.9 Å². The minimum atomic E-state index is 0.223. The first-order valence-electron chi connectivity index (χ1n) is 7.38. The van der Waals surface area contributed by atoms with Crippen LogP contribution in [0.25, 0.3) is 0 Å². The van der Waals surface area contributed by atoms with Crippen molar-refractivity contribution in [1.29, 1.82) is 0 Å². The predicted molar refractivity (Wildman–Crippen MR) is 73.3 cm³/mol. The Morgan fingerprint density at radius 2 is 2.33 bits per heavy atom. The van der Waals surface area contributed by atoms with E-state index in [1.54, 1.807) is 0 Å². The zero-order chi connectivity index (χ0) is 12.5. The van der Waals surface area contributed by atoms with Crippen LogP contribution in [-0.4, -0.2) is 35.5 Å². The van der Waals surface area contributed by atoms with Crippen LogP contribution in [-0.2, 0) is 0 Å². The number of hydrogen-bond donors (Lipinski definition) is 1. The SMILES string of the molecule is CCCC1C2CC=CN=C2CC2CN(CO)CC21. The van der Waals surface area contributed by atoms with Crippen LogP contribution in [0.3, 0.4) is 0 Å². The number of fused-ring (bicyclic) bond motifs is 2. The second-order valence-electron chi connectivity index (χ2n) is 6.11. The molecule has 3 nitrogen and oxygen atoms in total. The van der Waals surface area contributed by atoms with Crippen LogP contribution in [0.2, 0.25) is 0 Å². The molecule has 0 aromatic carbocycles. The highest BCUT2D eigenvalue weighted by molar-refractivity contribution is 5.89. The van der Waals surface area contributed by atoms with Crippen LogP contribution in [0, 0.1) is 23.7 Å². The lowest BCUT2D eigenvalue weighted by molar-refractivity contribution is 0.120. The van der Waals surface area contributed by atoms with Gasteiger partial charge in [0.05, 0.1) is 6.73 Å². The fraction of sp³-hybridized carbons (Fsp3) is 0.800. The normalized spacial score (nSPS) is 39.3. The Kier molecular flexibility index (Phi) is 3.53. The van der Waals surface area contributed by atoms with Gasteiger partial charge in [0, 0.05) is 30.9 Å². The molecule has 2 aliphatic heterocycles. The molecule has 0 radical (unpaired) electrons. The molecule has 1 saturated heterocycles. The highest BCUT2D eigenvalue weighted by Gasteiger charge is 2.46. The Morgan fingerprint density at radius 1 is 1.44 bits per heavy atom. The summed E-state index contributed by atoms with van der Waals surface area (Å²) in [6.07, 6.45) is 9.16. The van der Waals surface area contributed by atoms with E-state index in [0.29, 0.717) is 5.92 Å². The Hall–Kier alpha value is -0.670. The van der Waals surface area contributed by atoms with Crippen molar-refractivity contribution >= 4 is 5.71 Å². The minimum Gasteiger partial charge on any atom is -0.381 e. The molecule has 2 heterocycles. The first kappa shape index (κ1) is 12.4. The number of hydrogen-bond acceptors (Lipinski definition) is 3.